The number of morpholine rings is 1. The number of ether oxygens (including phenoxy) is 1. The van der Waals surface area contributed by atoms with Gasteiger partial charge in [0.1, 0.15) is 6.61 Å². The molecule has 1 saturated heterocycles. The Balaban J connectivity index is 1.76. The molecule has 1 aliphatic rings. The summed E-state index contributed by atoms with van der Waals surface area (Å²) in [6, 6.07) is 13.4. The molecule has 0 atom stereocenters. The second kappa shape index (κ2) is 6.62. The van der Waals surface area contributed by atoms with Crippen molar-refractivity contribution >= 4 is 27.3 Å². The number of anilines is 2. The molecule has 0 bridgehead atoms. The Labute approximate surface area is 141 Å². The molecule has 3 rings (SSSR count). The number of hydrogen-bond acceptors (Lipinski definition) is 4. The van der Waals surface area contributed by atoms with Gasteiger partial charge in [0.2, 0.25) is 0 Å². The zero-order valence-corrected chi connectivity index (χ0v) is 14.0. The van der Waals surface area contributed by atoms with Crippen LogP contribution in [0, 0.1) is 6.92 Å². The van der Waals surface area contributed by atoms with Crippen molar-refractivity contribution in [3.63, 3.8) is 0 Å². The Bertz CT molecular complexity index is 830. The third kappa shape index (κ3) is 3.58. The summed E-state index contributed by atoms with van der Waals surface area (Å²) in [5.74, 6) is -0.103. The highest BCUT2D eigenvalue weighted by Gasteiger charge is 2.20. The number of rotatable bonds is 4. The van der Waals surface area contributed by atoms with E-state index in [0.717, 1.165) is 11.3 Å². The molecule has 0 aliphatic carbocycles. The van der Waals surface area contributed by atoms with Gasteiger partial charge >= 0.3 is 0 Å². The summed E-state index contributed by atoms with van der Waals surface area (Å²) in [5, 5.41) is 0. The summed E-state index contributed by atoms with van der Waals surface area (Å²) in [5.41, 5.74) is 2.16. The number of nitrogens with one attached hydrogen (secondary N) is 1. The van der Waals surface area contributed by atoms with Gasteiger partial charge in [-0.1, -0.05) is 17.7 Å². The molecule has 2 aromatic carbocycles. The standard InChI is InChI=1S/C17H18N2O4S/c1-13-2-8-16(9-3-13)24(21,22)18-14-4-6-15(7-5-14)19-10-11-23-12-17(19)20/h2-9,18H,10-12H2,1H3. The van der Waals surface area contributed by atoms with Crippen LogP contribution in [0.5, 0.6) is 0 Å². The van der Waals surface area contributed by atoms with E-state index in [0.29, 0.717) is 18.8 Å². The van der Waals surface area contributed by atoms with Gasteiger partial charge in [0.15, 0.2) is 0 Å². The lowest BCUT2D eigenvalue weighted by atomic mass is 10.2. The Hall–Kier alpha value is -2.38. The Kier molecular flexibility index (Phi) is 4.55. The van der Waals surface area contributed by atoms with E-state index >= 15 is 0 Å². The maximum atomic E-state index is 12.4. The van der Waals surface area contributed by atoms with Crippen molar-refractivity contribution in [3.8, 4) is 0 Å². The van der Waals surface area contributed by atoms with Gasteiger partial charge in [-0.05, 0) is 43.3 Å². The maximum Gasteiger partial charge on any atom is 0.261 e. The molecular formula is C17H18N2O4S. The van der Waals surface area contributed by atoms with Crippen molar-refractivity contribution in [2.75, 3.05) is 29.4 Å². The molecule has 2 aromatic rings. The van der Waals surface area contributed by atoms with E-state index in [1.807, 2.05) is 6.92 Å². The van der Waals surface area contributed by atoms with Crippen molar-refractivity contribution < 1.29 is 17.9 Å². The Morgan fingerprint density at radius 3 is 2.33 bits per heavy atom. The van der Waals surface area contributed by atoms with Crippen LogP contribution in [0.25, 0.3) is 0 Å². The molecule has 0 aromatic heterocycles. The van der Waals surface area contributed by atoms with Gasteiger partial charge in [0.05, 0.1) is 11.5 Å². The van der Waals surface area contributed by atoms with Crippen molar-refractivity contribution in [3.05, 3.63) is 54.1 Å². The lowest BCUT2D eigenvalue weighted by Crippen LogP contribution is -2.41. The summed E-state index contributed by atoms with van der Waals surface area (Å²) in [4.78, 5) is 13.6. The van der Waals surface area contributed by atoms with Gasteiger partial charge in [0.25, 0.3) is 15.9 Å². The minimum absolute atomic E-state index is 0.0712. The van der Waals surface area contributed by atoms with Crippen molar-refractivity contribution in [1.82, 2.24) is 0 Å². The fourth-order valence-corrected chi connectivity index (χ4v) is 3.49. The van der Waals surface area contributed by atoms with E-state index in [2.05, 4.69) is 4.72 Å². The van der Waals surface area contributed by atoms with E-state index in [4.69, 9.17) is 4.74 Å². The van der Waals surface area contributed by atoms with Crippen LogP contribution in [0.2, 0.25) is 0 Å². The fraction of sp³-hybridized carbons (Fsp3) is 0.235. The largest absolute Gasteiger partial charge is 0.370 e. The first-order valence-corrected chi connectivity index (χ1v) is 9.02. The first kappa shape index (κ1) is 16.5. The first-order valence-electron chi connectivity index (χ1n) is 7.53. The van der Waals surface area contributed by atoms with Gasteiger partial charge < -0.3 is 9.64 Å². The van der Waals surface area contributed by atoms with Crippen LogP contribution in [-0.2, 0) is 19.6 Å². The second-order valence-corrected chi connectivity index (χ2v) is 7.25. The highest BCUT2D eigenvalue weighted by Crippen LogP contribution is 2.22. The molecule has 1 aliphatic heterocycles. The number of carbonyl (C=O) groups is 1. The average molecular weight is 346 g/mol. The van der Waals surface area contributed by atoms with Crippen molar-refractivity contribution in [2.24, 2.45) is 0 Å². The molecule has 0 saturated carbocycles. The quantitative estimate of drug-likeness (QED) is 0.920. The van der Waals surface area contributed by atoms with E-state index in [9.17, 15) is 13.2 Å². The monoisotopic (exact) mass is 346 g/mol. The normalized spacial score (nSPS) is 15.4. The molecular weight excluding hydrogens is 328 g/mol. The lowest BCUT2D eigenvalue weighted by molar-refractivity contribution is -0.125. The molecule has 24 heavy (non-hydrogen) atoms. The van der Waals surface area contributed by atoms with Gasteiger partial charge in [-0.3, -0.25) is 9.52 Å². The lowest BCUT2D eigenvalue weighted by Gasteiger charge is -2.26. The third-order valence-corrected chi connectivity index (χ3v) is 5.15. The van der Waals surface area contributed by atoms with Crippen LogP contribution in [-0.4, -0.2) is 34.1 Å². The first-order chi connectivity index (χ1) is 11.5. The SMILES string of the molecule is Cc1ccc(S(=O)(=O)Nc2ccc(N3CCOCC3=O)cc2)cc1. The highest BCUT2D eigenvalue weighted by atomic mass is 32.2. The maximum absolute atomic E-state index is 12.4. The number of sulfonamides is 1. The molecule has 1 N–H and O–H groups in total. The van der Waals surface area contributed by atoms with E-state index < -0.39 is 10.0 Å². The summed E-state index contributed by atoms with van der Waals surface area (Å²) in [6.45, 7) is 2.96. The average Bonchev–Trinajstić information content (AvgIpc) is 2.56. The molecule has 0 radical (unpaired) electrons. The molecule has 1 heterocycles. The Morgan fingerprint density at radius 2 is 1.71 bits per heavy atom. The molecule has 0 spiro atoms. The van der Waals surface area contributed by atoms with Crippen molar-refractivity contribution in [2.45, 2.75) is 11.8 Å². The number of benzene rings is 2. The number of amides is 1. The van der Waals surface area contributed by atoms with Crippen LogP contribution in [0.4, 0.5) is 11.4 Å². The summed E-state index contributed by atoms with van der Waals surface area (Å²) in [7, 11) is -3.63. The zero-order chi connectivity index (χ0) is 17.2. The van der Waals surface area contributed by atoms with Crippen LogP contribution in [0.15, 0.2) is 53.4 Å². The Morgan fingerprint density at radius 1 is 1.04 bits per heavy atom. The number of hydrogen-bond donors (Lipinski definition) is 1. The van der Waals surface area contributed by atoms with Crippen LogP contribution in [0.1, 0.15) is 5.56 Å². The topological polar surface area (TPSA) is 75.7 Å². The second-order valence-electron chi connectivity index (χ2n) is 5.56. The molecule has 6 nitrogen and oxygen atoms in total. The zero-order valence-electron chi connectivity index (χ0n) is 13.2. The molecule has 7 heteroatoms. The van der Waals surface area contributed by atoms with Gasteiger partial charge in [-0.2, -0.15) is 0 Å². The number of aryl methyl sites for hydroxylation is 1. The van der Waals surface area contributed by atoms with E-state index in [1.165, 1.54) is 0 Å². The van der Waals surface area contributed by atoms with Gasteiger partial charge in [0, 0.05) is 17.9 Å². The summed E-state index contributed by atoms with van der Waals surface area (Å²) in [6.07, 6.45) is 0. The fourth-order valence-electron chi connectivity index (χ4n) is 2.43. The van der Waals surface area contributed by atoms with Gasteiger partial charge in [-0.15, -0.1) is 0 Å². The number of carbonyl (C=O) groups excluding carboxylic acids is 1. The predicted molar refractivity (Wildman–Crippen MR) is 91.6 cm³/mol. The van der Waals surface area contributed by atoms with E-state index in [-0.39, 0.29) is 17.4 Å². The molecule has 1 fully saturated rings. The van der Waals surface area contributed by atoms with Crippen molar-refractivity contribution in [1.29, 1.82) is 0 Å². The highest BCUT2D eigenvalue weighted by molar-refractivity contribution is 7.92. The van der Waals surface area contributed by atoms with Gasteiger partial charge in [-0.25, -0.2) is 8.42 Å². The van der Waals surface area contributed by atoms with Crippen LogP contribution >= 0.6 is 0 Å². The predicted octanol–water partition coefficient (Wildman–Crippen LogP) is 2.16. The number of nitrogens with zero attached hydrogens (tertiary/aromatic N) is 1. The molecule has 1 amide bonds. The minimum atomic E-state index is -3.63. The molecule has 0 unspecified atom stereocenters. The van der Waals surface area contributed by atoms with Crippen LogP contribution < -0.4 is 9.62 Å². The summed E-state index contributed by atoms with van der Waals surface area (Å²) < 4.78 is 32.4. The summed E-state index contributed by atoms with van der Waals surface area (Å²) >= 11 is 0. The van der Waals surface area contributed by atoms with E-state index in [1.54, 1.807) is 53.4 Å². The smallest absolute Gasteiger partial charge is 0.261 e. The minimum Gasteiger partial charge on any atom is -0.370 e. The van der Waals surface area contributed by atoms with Crippen LogP contribution in [0.3, 0.4) is 0 Å². The third-order valence-electron chi connectivity index (χ3n) is 3.75. The molecule has 126 valence electrons.